The molecular weight excluding hydrogens is 432 g/mol. The minimum Gasteiger partial charge on any atom is -0.376 e. The maximum absolute atomic E-state index is 13.2. The van der Waals surface area contributed by atoms with E-state index in [0.29, 0.717) is 13.0 Å². The van der Waals surface area contributed by atoms with Crippen LogP contribution in [-0.2, 0) is 9.53 Å². The Hall–Kier alpha value is -1.54. The van der Waals surface area contributed by atoms with Gasteiger partial charge in [0.1, 0.15) is 0 Å². The number of thioether (sulfide) groups is 2. The predicted molar refractivity (Wildman–Crippen MR) is 129 cm³/mol. The van der Waals surface area contributed by atoms with Crippen molar-refractivity contribution in [1.29, 1.82) is 0 Å². The Morgan fingerprint density at radius 3 is 2.87 bits per heavy atom. The smallest absolute Gasteiger partial charge is 0.228 e. The molecule has 1 aliphatic heterocycles. The van der Waals surface area contributed by atoms with Gasteiger partial charge in [-0.2, -0.15) is 0 Å². The monoisotopic (exact) mass is 458 g/mol. The highest BCUT2D eigenvalue weighted by atomic mass is 32.2. The Morgan fingerprint density at radius 1 is 1.23 bits per heavy atom. The fourth-order valence-electron chi connectivity index (χ4n) is 3.54. The number of carbonyl (C=O) groups excluding carboxylic acids is 1. The second-order valence-corrected chi connectivity index (χ2v) is 10.2. The van der Waals surface area contributed by atoms with E-state index < -0.39 is 0 Å². The molecule has 30 heavy (non-hydrogen) atoms. The van der Waals surface area contributed by atoms with Crippen LogP contribution in [0.2, 0.25) is 0 Å². The maximum Gasteiger partial charge on any atom is 0.228 e. The summed E-state index contributed by atoms with van der Waals surface area (Å²) in [6.45, 7) is 1.38. The van der Waals surface area contributed by atoms with Crippen molar-refractivity contribution in [2.45, 2.75) is 41.6 Å². The van der Waals surface area contributed by atoms with Gasteiger partial charge in [-0.05, 0) is 55.5 Å². The van der Waals surface area contributed by atoms with E-state index in [4.69, 9.17) is 9.72 Å². The molecular formula is C23H26N2O2S3. The maximum atomic E-state index is 13.2. The van der Waals surface area contributed by atoms with Crippen LogP contribution < -0.4 is 4.90 Å². The van der Waals surface area contributed by atoms with Gasteiger partial charge in [0, 0.05) is 22.8 Å². The summed E-state index contributed by atoms with van der Waals surface area (Å²) in [4.78, 5) is 22.3. The number of nitrogens with zero attached hydrogens (tertiary/aromatic N) is 2. The number of rotatable bonds is 9. The molecule has 0 saturated carbocycles. The largest absolute Gasteiger partial charge is 0.376 e. The Bertz CT molecular complexity index is 971. The summed E-state index contributed by atoms with van der Waals surface area (Å²) in [6, 6.07) is 16.6. The van der Waals surface area contributed by atoms with Crippen molar-refractivity contribution in [1.82, 2.24) is 4.98 Å². The lowest BCUT2D eigenvalue weighted by Crippen LogP contribution is -2.37. The first kappa shape index (κ1) is 21.7. The van der Waals surface area contributed by atoms with Crippen molar-refractivity contribution >= 4 is 56.1 Å². The van der Waals surface area contributed by atoms with Crippen molar-refractivity contribution in [3.05, 3.63) is 48.5 Å². The van der Waals surface area contributed by atoms with Gasteiger partial charge in [0.25, 0.3) is 0 Å². The number of aromatic nitrogens is 1. The molecule has 1 aromatic heterocycles. The van der Waals surface area contributed by atoms with Gasteiger partial charge in [-0.25, -0.2) is 4.98 Å². The summed E-state index contributed by atoms with van der Waals surface area (Å²) in [5, 5.41) is 0.794. The van der Waals surface area contributed by atoms with Crippen LogP contribution in [0.15, 0.2) is 58.3 Å². The molecule has 3 aromatic rings. The number of benzene rings is 2. The van der Waals surface area contributed by atoms with E-state index >= 15 is 0 Å². The Kier molecular flexibility index (Phi) is 7.71. The molecule has 2 heterocycles. The van der Waals surface area contributed by atoms with Gasteiger partial charge < -0.3 is 4.74 Å². The Balaban J connectivity index is 1.45. The molecule has 4 rings (SSSR count). The van der Waals surface area contributed by atoms with Crippen LogP contribution in [0.4, 0.5) is 5.13 Å². The van der Waals surface area contributed by atoms with Crippen LogP contribution in [-0.4, -0.2) is 42.2 Å². The summed E-state index contributed by atoms with van der Waals surface area (Å²) >= 11 is 5.10. The van der Waals surface area contributed by atoms with Crippen molar-refractivity contribution in [3.63, 3.8) is 0 Å². The first-order chi connectivity index (χ1) is 14.7. The third kappa shape index (κ3) is 5.38. The van der Waals surface area contributed by atoms with Crippen LogP contribution >= 0.6 is 34.9 Å². The lowest BCUT2D eigenvalue weighted by atomic mass is 10.2. The van der Waals surface area contributed by atoms with Gasteiger partial charge in [-0.15, -0.1) is 23.5 Å². The van der Waals surface area contributed by atoms with Gasteiger partial charge in [-0.1, -0.05) is 35.6 Å². The number of amides is 1. The molecule has 0 spiro atoms. The zero-order valence-corrected chi connectivity index (χ0v) is 19.5. The molecule has 158 valence electrons. The lowest BCUT2D eigenvalue weighted by molar-refractivity contribution is -0.119. The Morgan fingerprint density at radius 2 is 2.10 bits per heavy atom. The highest BCUT2D eigenvalue weighted by Crippen LogP contribution is 2.35. The van der Waals surface area contributed by atoms with Crippen molar-refractivity contribution < 1.29 is 9.53 Å². The summed E-state index contributed by atoms with van der Waals surface area (Å²) in [5.74, 6) is 1.07. The second kappa shape index (κ2) is 10.7. The SMILES string of the molecule is CSc1cccc2sc(N(CC3CCCO3)C(=O)CCCSc3ccccc3)nc12. The topological polar surface area (TPSA) is 42.4 Å². The molecule has 1 amide bonds. The summed E-state index contributed by atoms with van der Waals surface area (Å²) in [6.07, 6.45) is 5.62. The molecule has 0 aliphatic carbocycles. The molecule has 0 bridgehead atoms. The number of ether oxygens (including phenoxy) is 1. The van der Waals surface area contributed by atoms with Gasteiger partial charge in [0.2, 0.25) is 5.91 Å². The Labute approximate surface area is 190 Å². The van der Waals surface area contributed by atoms with E-state index in [1.54, 1.807) is 34.9 Å². The molecule has 0 N–H and O–H groups in total. The molecule has 1 fully saturated rings. The van der Waals surface area contributed by atoms with Gasteiger partial charge >= 0.3 is 0 Å². The van der Waals surface area contributed by atoms with Crippen LogP contribution in [0.3, 0.4) is 0 Å². The summed E-state index contributed by atoms with van der Waals surface area (Å²) in [7, 11) is 0. The number of hydrogen-bond acceptors (Lipinski definition) is 6. The predicted octanol–water partition coefficient (Wildman–Crippen LogP) is 6.10. The highest BCUT2D eigenvalue weighted by Gasteiger charge is 2.26. The molecule has 1 aliphatic rings. The quantitative estimate of drug-likeness (QED) is 0.286. The number of fused-ring (bicyclic) bond motifs is 1. The number of hydrogen-bond donors (Lipinski definition) is 0. The average molecular weight is 459 g/mol. The number of thiazole rings is 1. The van der Waals surface area contributed by atoms with E-state index in [1.165, 1.54) is 4.90 Å². The minimum absolute atomic E-state index is 0.111. The van der Waals surface area contributed by atoms with Crippen LogP contribution in [0.25, 0.3) is 10.2 Å². The van der Waals surface area contributed by atoms with Crippen molar-refractivity contribution in [2.75, 3.05) is 30.1 Å². The molecule has 2 aromatic carbocycles. The second-order valence-electron chi connectivity index (χ2n) is 7.21. The molecule has 4 nitrogen and oxygen atoms in total. The summed E-state index contributed by atoms with van der Waals surface area (Å²) < 4.78 is 6.96. The van der Waals surface area contributed by atoms with E-state index in [-0.39, 0.29) is 12.0 Å². The third-order valence-corrected chi connectivity index (χ3v) is 7.99. The van der Waals surface area contributed by atoms with E-state index in [1.807, 2.05) is 23.1 Å². The molecule has 0 radical (unpaired) electrons. The average Bonchev–Trinajstić information content (AvgIpc) is 3.45. The van der Waals surface area contributed by atoms with Gasteiger partial charge in [0.05, 0.1) is 22.9 Å². The fraction of sp³-hybridized carbons (Fsp3) is 0.391. The van der Waals surface area contributed by atoms with Gasteiger partial charge in [-0.3, -0.25) is 9.69 Å². The van der Waals surface area contributed by atoms with Crippen LogP contribution in [0.5, 0.6) is 0 Å². The third-order valence-electron chi connectivity index (χ3n) is 5.08. The molecule has 1 unspecified atom stereocenters. The van der Waals surface area contributed by atoms with E-state index in [0.717, 1.165) is 51.9 Å². The zero-order valence-electron chi connectivity index (χ0n) is 17.1. The summed E-state index contributed by atoms with van der Waals surface area (Å²) in [5.41, 5.74) is 0.995. The van der Waals surface area contributed by atoms with Crippen molar-refractivity contribution in [2.24, 2.45) is 0 Å². The lowest BCUT2D eigenvalue weighted by Gasteiger charge is -2.23. The van der Waals surface area contributed by atoms with Crippen molar-refractivity contribution in [3.8, 4) is 0 Å². The number of anilines is 1. The molecule has 1 atom stereocenters. The van der Waals surface area contributed by atoms with Gasteiger partial charge in [0.15, 0.2) is 5.13 Å². The highest BCUT2D eigenvalue weighted by molar-refractivity contribution is 7.99. The van der Waals surface area contributed by atoms with Crippen LogP contribution in [0, 0.1) is 0 Å². The van der Waals surface area contributed by atoms with Crippen LogP contribution in [0.1, 0.15) is 25.7 Å². The first-order valence-electron chi connectivity index (χ1n) is 10.3. The minimum atomic E-state index is 0.111. The number of para-hydroxylation sites is 1. The fourth-order valence-corrected chi connectivity index (χ4v) is 6.06. The zero-order chi connectivity index (χ0) is 20.8. The molecule has 7 heteroatoms. The number of carbonyl (C=O) groups is 1. The van der Waals surface area contributed by atoms with E-state index in [2.05, 4.69) is 36.6 Å². The molecule has 1 saturated heterocycles. The first-order valence-corrected chi connectivity index (χ1v) is 13.3. The standard InChI is InChI=1S/C23H26N2O2S3/c1-28-19-11-5-12-20-22(19)24-23(30-20)25(16-17-8-6-14-27-17)21(26)13-7-15-29-18-9-3-2-4-10-18/h2-5,9-12,17H,6-8,13-16H2,1H3. The normalized spacial score (nSPS) is 16.2. The van der Waals surface area contributed by atoms with E-state index in [9.17, 15) is 4.79 Å².